The Kier molecular flexibility index (Phi) is 6.02. The van der Waals surface area contributed by atoms with Crippen molar-refractivity contribution in [3.05, 3.63) is 0 Å². The molecule has 0 radical (unpaired) electrons. The van der Waals surface area contributed by atoms with Crippen molar-refractivity contribution in [2.45, 2.75) is 57.5 Å². The predicted molar refractivity (Wildman–Crippen MR) is 68.5 cm³/mol. The molecule has 15 heavy (non-hydrogen) atoms. The van der Waals surface area contributed by atoms with Crippen molar-refractivity contribution in [3.8, 4) is 0 Å². The number of thioether (sulfide) groups is 1. The molecule has 0 aromatic rings. The van der Waals surface area contributed by atoms with Crippen LogP contribution in [0.3, 0.4) is 0 Å². The molecule has 1 aliphatic rings. The lowest BCUT2D eigenvalue weighted by Crippen LogP contribution is -2.49. The smallest absolute Gasteiger partial charge is 0.0613 e. The van der Waals surface area contributed by atoms with Gasteiger partial charge in [0.1, 0.15) is 0 Å². The summed E-state index contributed by atoms with van der Waals surface area (Å²) in [5, 5.41) is 13.2. The van der Waals surface area contributed by atoms with Gasteiger partial charge in [0.25, 0.3) is 0 Å². The SMILES string of the molecule is CCSCCCC(CC)(CO)NC1CC1. The van der Waals surface area contributed by atoms with E-state index in [0.29, 0.717) is 6.04 Å². The number of hydrogen-bond donors (Lipinski definition) is 2. The van der Waals surface area contributed by atoms with Crippen molar-refractivity contribution in [2.24, 2.45) is 0 Å². The molecule has 2 N–H and O–H groups in total. The second-order valence-corrected chi connectivity index (χ2v) is 5.90. The van der Waals surface area contributed by atoms with Crippen LogP contribution in [0.5, 0.6) is 0 Å². The highest BCUT2D eigenvalue weighted by Gasteiger charge is 2.33. The molecule has 1 aliphatic carbocycles. The minimum Gasteiger partial charge on any atom is -0.394 e. The van der Waals surface area contributed by atoms with Gasteiger partial charge in [-0.25, -0.2) is 0 Å². The van der Waals surface area contributed by atoms with Gasteiger partial charge in [0, 0.05) is 11.6 Å². The Morgan fingerprint density at radius 1 is 1.40 bits per heavy atom. The van der Waals surface area contributed by atoms with E-state index in [2.05, 4.69) is 19.2 Å². The van der Waals surface area contributed by atoms with Gasteiger partial charge in [0.15, 0.2) is 0 Å². The van der Waals surface area contributed by atoms with Gasteiger partial charge in [-0.3, -0.25) is 0 Å². The normalized spacial score (nSPS) is 20.2. The summed E-state index contributed by atoms with van der Waals surface area (Å²) in [6, 6.07) is 0.691. The number of aliphatic hydroxyl groups is 1. The molecule has 2 nitrogen and oxygen atoms in total. The van der Waals surface area contributed by atoms with Crippen LogP contribution in [0.2, 0.25) is 0 Å². The molecule has 1 fully saturated rings. The molecular formula is C12H25NOS. The molecule has 0 heterocycles. The Balaban J connectivity index is 2.26. The first-order valence-electron chi connectivity index (χ1n) is 6.22. The summed E-state index contributed by atoms with van der Waals surface area (Å²) in [6.45, 7) is 4.67. The first kappa shape index (κ1) is 13.3. The van der Waals surface area contributed by atoms with Gasteiger partial charge >= 0.3 is 0 Å². The fourth-order valence-corrected chi connectivity index (χ4v) is 2.54. The molecule has 0 saturated heterocycles. The largest absolute Gasteiger partial charge is 0.394 e. The van der Waals surface area contributed by atoms with E-state index in [0.717, 1.165) is 12.8 Å². The van der Waals surface area contributed by atoms with E-state index in [4.69, 9.17) is 0 Å². The second kappa shape index (κ2) is 6.77. The zero-order chi connectivity index (χ0) is 11.1. The van der Waals surface area contributed by atoms with E-state index < -0.39 is 0 Å². The lowest BCUT2D eigenvalue weighted by molar-refractivity contribution is 0.144. The maximum atomic E-state index is 9.54. The van der Waals surface area contributed by atoms with Crippen molar-refractivity contribution < 1.29 is 5.11 Å². The molecule has 0 bridgehead atoms. The number of hydrogen-bond acceptors (Lipinski definition) is 3. The molecule has 1 atom stereocenters. The van der Waals surface area contributed by atoms with Crippen molar-refractivity contribution in [3.63, 3.8) is 0 Å². The lowest BCUT2D eigenvalue weighted by Gasteiger charge is -2.32. The minimum absolute atomic E-state index is 0.00939. The van der Waals surface area contributed by atoms with Crippen molar-refractivity contribution in [2.75, 3.05) is 18.1 Å². The van der Waals surface area contributed by atoms with Gasteiger partial charge in [0.05, 0.1) is 6.61 Å². The first-order valence-corrected chi connectivity index (χ1v) is 7.38. The molecule has 0 spiro atoms. The monoisotopic (exact) mass is 231 g/mol. The fourth-order valence-electron chi connectivity index (χ4n) is 1.91. The van der Waals surface area contributed by atoms with E-state index >= 15 is 0 Å². The third kappa shape index (κ3) is 4.75. The van der Waals surface area contributed by atoms with Crippen LogP contribution in [0, 0.1) is 0 Å². The van der Waals surface area contributed by atoms with Crippen LogP contribution in [0.4, 0.5) is 0 Å². The third-order valence-corrected chi connectivity index (χ3v) is 4.20. The van der Waals surface area contributed by atoms with Gasteiger partial charge in [-0.2, -0.15) is 11.8 Å². The van der Waals surface area contributed by atoms with Crippen molar-refractivity contribution in [1.29, 1.82) is 0 Å². The maximum absolute atomic E-state index is 9.54. The lowest BCUT2D eigenvalue weighted by atomic mass is 9.91. The molecule has 1 saturated carbocycles. The Hall–Kier alpha value is 0.270. The zero-order valence-electron chi connectivity index (χ0n) is 10.1. The van der Waals surface area contributed by atoms with Crippen LogP contribution in [0.25, 0.3) is 0 Å². The number of nitrogens with one attached hydrogen (secondary N) is 1. The average molecular weight is 231 g/mol. The topological polar surface area (TPSA) is 32.3 Å². The van der Waals surface area contributed by atoms with E-state index in [1.165, 1.54) is 30.8 Å². The molecule has 1 unspecified atom stereocenters. The Morgan fingerprint density at radius 2 is 2.13 bits per heavy atom. The Bertz CT molecular complexity index is 167. The van der Waals surface area contributed by atoms with Crippen molar-refractivity contribution >= 4 is 11.8 Å². The van der Waals surface area contributed by atoms with Gasteiger partial charge in [-0.15, -0.1) is 0 Å². The maximum Gasteiger partial charge on any atom is 0.0613 e. The summed E-state index contributed by atoms with van der Waals surface area (Å²) in [5.41, 5.74) is 0.00939. The molecule has 1 rings (SSSR count). The van der Waals surface area contributed by atoms with E-state index in [-0.39, 0.29) is 12.1 Å². The summed E-state index contributed by atoms with van der Waals surface area (Å²) in [6.07, 6.45) is 5.96. The summed E-state index contributed by atoms with van der Waals surface area (Å²) >= 11 is 1.99. The quantitative estimate of drug-likeness (QED) is 0.598. The predicted octanol–water partition coefficient (Wildman–Crippen LogP) is 2.41. The standard InChI is InChI=1S/C12H25NOS/c1-3-12(10-14,13-11-6-7-11)8-5-9-15-4-2/h11,13-14H,3-10H2,1-2H3. The van der Waals surface area contributed by atoms with Crippen LogP contribution >= 0.6 is 11.8 Å². The van der Waals surface area contributed by atoms with Gasteiger partial charge in [-0.1, -0.05) is 13.8 Å². The highest BCUT2D eigenvalue weighted by atomic mass is 32.2. The Morgan fingerprint density at radius 3 is 2.60 bits per heavy atom. The fraction of sp³-hybridized carbons (Fsp3) is 1.00. The molecule has 0 amide bonds. The molecule has 3 heteroatoms. The highest BCUT2D eigenvalue weighted by molar-refractivity contribution is 7.99. The molecular weight excluding hydrogens is 206 g/mol. The van der Waals surface area contributed by atoms with E-state index in [1.807, 2.05) is 11.8 Å². The highest BCUT2D eigenvalue weighted by Crippen LogP contribution is 2.27. The summed E-state index contributed by atoms with van der Waals surface area (Å²) in [5.74, 6) is 2.43. The van der Waals surface area contributed by atoms with Gasteiger partial charge in [-0.05, 0) is 43.6 Å². The van der Waals surface area contributed by atoms with Crippen LogP contribution < -0.4 is 5.32 Å². The van der Waals surface area contributed by atoms with Crippen molar-refractivity contribution in [1.82, 2.24) is 5.32 Å². The number of rotatable bonds is 9. The average Bonchev–Trinajstić information content (AvgIpc) is 3.06. The van der Waals surface area contributed by atoms with Gasteiger partial charge < -0.3 is 10.4 Å². The molecule has 0 aromatic heterocycles. The number of aliphatic hydroxyl groups excluding tert-OH is 1. The van der Waals surface area contributed by atoms with Crippen LogP contribution in [-0.4, -0.2) is 34.8 Å². The second-order valence-electron chi connectivity index (χ2n) is 4.51. The Labute approximate surface area is 98.2 Å². The first-order chi connectivity index (χ1) is 7.26. The minimum atomic E-state index is 0.00939. The van der Waals surface area contributed by atoms with Crippen LogP contribution in [-0.2, 0) is 0 Å². The van der Waals surface area contributed by atoms with Gasteiger partial charge in [0.2, 0.25) is 0 Å². The summed E-state index contributed by atoms with van der Waals surface area (Å²) < 4.78 is 0. The van der Waals surface area contributed by atoms with E-state index in [1.54, 1.807) is 0 Å². The summed E-state index contributed by atoms with van der Waals surface area (Å²) in [7, 11) is 0. The van der Waals surface area contributed by atoms with E-state index in [9.17, 15) is 5.11 Å². The zero-order valence-corrected chi connectivity index (χ0v) is 10.9. The van der Waals surface area contributed by atoms with Crippen LogP contribution in [0.15, 0.2) is 0 Å². The molecule has 0 aromatic carbocycles. The third-order valence-electron chi connectivity index (χ3n) is 3.22. The summed E-state index contributed by atoms with van der Waals surface area (Å²) in [4.78, 5) is 0. The molecule has 90 valence electrons. The molecule has 0 aliphatic heterocycles. The van der Waals surface area contributed by atoms with Crippen LogP contribution in [0.1, 0.15) is 46.0 Å².